The monoisotopic (exact) mass is 625 g/mol. The van der Waals surface area contributed by atoms with E-state index in [0.717, 1.165) is 15.7 Å². The average molecular weight is 626 g/mol. The summed E-state index contributed by atoms with van der Waals surface area (Å²) in [5.74, 6) is -17.9. The molecular weight excluding hydrogens is 603 g/mol. The zero-order valence-electron chi connectivity index (χ0n) is 23.5. The van der Waals surface area contributed by atoms with Crippen molar-refractivity contribution in [2.45, 2.75) is 37.3 Å². The minimum atomic E-state index is -6.84. The molecule has 0 aliphatic heterocycles. The number of rotatable bonds is 5. The van der Waals surface area contributed by atoms with Crippen LogP contribution in [-0.4, -0.2) is 33.5 Å². The number of aromatic hydroxyl groups is 1. The van der Waals surface area contributed by atoms with Crippen LogP contribution in [-0.2, 0) is 5.41 Å². The highest BCUT2D eigenvalue weighted by Gasteiger charge is 2.76. The minimum absolute atomic E-state index is 0.0158. The Bertz CT molecular complexity index is 2060. The lowest BCUT2D eigenvalue weighted by atomic mass is 9.82. The zero-order valence-corrected chi connectivity index (χ0v) is 23.5. The SMILES string of the molecule is CC1(C)c2ccccc2-c2cc3c(O)c(C(=O)C(F)(F)C(F)(F)C(F)(F)F)c(=O)n(-c4ccc(-c5ccccc5)cc4)c3cc21. The molecule has 0 saturated heterocycles. The molecule has 0 amide bonds. The molecule has 1 aromatic heterocycles. The van der Waals surface area contributed by atoms with Gasteiger partial charge < -0.3 is 5.11 Å². The molecule has 5 aromatic rings. The van der Waals surface area contributed by atoms with E-state index in [2.05, 4.69) is 0 Å². The Morgan fingerprint density at radius 1 is 0.733 bits per heavy atom. The summed E-state index contributed by atoms with van der Waals surface area (Å²) in [6.45, 7) is 3.80. The van der Waals surface area contributed by atoms with E-state index in [1.807, 2.05) is 19.9 Å². The fourth-order valence-electron chi connectivity index (χ4n) is 5.94. The number of benzene rings is 4. The van der Waals surface area contributed by atoms with Crippen molar-refractivity contribution < 1.29 is 40.6 Å². The quantitative estimate of drug-likeness (QED) is 0.157. The summed E-state index contributed by atoms with van der Waals surface area (Å²) in [4.78, 5) is 26.7. The van der Waals surface area contributed by atoms with E-state index in [1.54, 1.807) is 60.7 Å². The fourth-order valence-corrected chi connectivity index (χ4v) is 5.94. The Morgan fingerprint density at radius 2 is 1.31 bits per heavy atom. The molecule has 1 N–H and O–H groups in total. The molecular formula is C34H22F7NO3. The van der Waals surface area contributed by atoms with Crippen LogP contribution in [0.25, 0.3) is 38.8 Å². The first-order valence-electron chi connectivity index (χ1n) is 13.6. The highest BCUT2D eigenvalue weighted by Crippen LogP contribution is 2.52. The number of hydrogen-bond donors (Lipinski definition) is 1. The Labute approximate surface area is 251 Å². The van der Waals surface area contributed by atoms with Gasteiger partial charge in [-0.05, 0) is 57.6 Å². The molecule has 0 fully saturated rings. The number of hydrogen-bond acceptors (Lipinski definition) is 3. The second-order valence-corrected chi connectivity index (χ2v) is 11.3. The maximum atomic E-state index is 14.8. The van der Waals surface area contributed by atoms with Crippen molar-refractivity contribution in [3.63, 3.8) is 0 Å². The largest absolute Gasteiger partial charge is 0.506 e. The van der Waals surface area contributed by atoms with E-state index in [4.69, 9.17) is 0 Å². The number of carbonyl (C=O) groups excluding carboxylic acids is 1. The third-order valence-corrected chi connectivity index (χ3v) is 8.34. The normalized spacial score (nSPS) is 14.3. The summed E-state index contributed by atoms with van der Waals surface area (Å²) in [6, 6.07) is 24.9. The molecule has 1 heterocycles. The first-order chi connectivity index (χ1) is 21.0. The lowest BCUT2D eigenvalue weighted by Crippen LogP contribution is -2.57. The lowest BCUT2D eigenvalue weighted by molar-refractivity contribution is -0.339. The predicted molar refractivity (Wildman–Crippen MR) is 154 cm³/mol. The van der Waals surface area contributed by atoms with Crippen LogP contribution in [0.4, 0.5) is 30.7 Å². The predicted octanol–water partition coefficient (Wildman–Crippen LogP) is 8.69. The van der Waals surface area contributed by atoms with Gasteiger partial charge in [0.05, 0.1) is 5.52 Å². The second kappa shape index (κ2) is 9.79. The van der Waals surface area contributed by atoms with Crippen molar-refractivity contribution in [2.24, 2.45) is 0 Å². The molecule has 0 saturated carbocycles. The number of aromatic nitrogens is 1. The van der Waals surface area contributed by atoms with Gasteiger partial charge in [-0.15, -0.1) is 0 Å². The first kappa shape index (κ1) is 30.1. The number of pyridine rings is 1. The van der Waals surface area contributed by atoms with Crippen LogP contribution < -0.4 is 5.56 Å². The van der Waals surface area contributed by atoms with E-state index >= 15 is 0 Å². The Balaban J connectivity index is 1.67. The van der Waals surface area contributed by atoms with Gasteiger partial charge in [0.25, 0.3) is 5.56 Å². The van der Waals surface area contributed by atoms with Crippen LogP contribution in [0.1, 0.15) is 35.3 Å². The van der Waals surface area contributed by atoms with Gasteiger partial charge in [-0.3, -0.25) is 14.2 Å². The molecule has 1 aliphatic carbocycles. The van der Waals surface area contributed by atoms with Crippen molar-refractivity contribution in [3.8, 4) is 33.7 Å². The van der Waals surface area contributed by atoms with Crippen molar-refractivity contribution in [3.05, 3.63) is 118 Å². The van der Waals surface area contributed by atoms with Crippen LogP contribution in [0.5, 0.6) is 5.75 Å². The molecule has 0 spiro atoms. The molecule has 6 rings (SSSR count). The summed E-state index contributed by atoms with van der Waals surface area (Å²) < 4.78 is 97.3. The number of alkyl halides is 7. The highest BCUT2D eigenvalue weighted by atomic mass is 19.4. The molecule has 0 unspecified atom stereocenters. The molecule has 0 radical (unpaired) electrons. The number of fused-ring (bicyclic) bond motifs is 4. The fraction of sp³-hybridized carbons (Fsp3) is 0.176. The molecule has 45 heavy (non-hydrogen) atoms. The van der Waals surface area contributed by atoms with E-state index in [0.29, 0.717) is 22.3 Å². The number of carbonyl (C=O) groups is 1. The van der Waals surface area contributed by atoms with E-state index < -0.39 is 46.1 Å². The molecule has 1 aliphatic rings. The van der Waals surface area contributed by atoms with Crippen molar-refractivity contribution in [1.82, 2.24) is 4.57 Å². The Kier molecular flexibility index (Phi) is 6.55. The van der Waals surface area contributed by atoms with Gasteiger partial charge in [-0.25, -0.2) is 0 Å². The van der Waals surface area contributed by atoms with Gasteiger partial charge in [0.1, 0.15) is 11.3 Å². The van der Waals surface area contributed by atoms with Crippen LogP contribution in [0.15, 0.2) is 95.8 Å². The van der Waals surface area contributed by atoms with Gasteiger partial charge in [-0.1, -0.05) is 80.6 Å². The molecule has 230 valence electrons. The van der Waals surface area contributed by atoms with Gasteiger partial charge >= 0.3 is 18.0 Å². The van der Waals surface area contributed by atoms with Crippen LogP contribution in [0, 0.1) is 0 Å². The standard InChI is InChI=1S/C34H22F7NO3/c1-31(2)24-11-7-6-10-21(24)22-16-23-26(17-25(22)31)42(20-14-12-19(13-15-20)18-8-4-3-5-9-18)30(45)27(28(23)43)29(44)32(35,36)33(37,38)34(39,40)41/h3-17,43H,1-2H3. The third kappa shape index (κ3) is 4.27. The third-order valence-electron chi connectivity index (χ3n) is 8.34. The summed E-state index contributed by atoms with van der Waals surface area (Å²) in [5.41, 5.74) is -0.165. The number of Topliss-reactive ketones (excluding diaryl/α,β-unsaturated/α-hetero) is 1. The molecule has 4 aromatic carbocycles. The van der Waals surface area contributed by atoms with Gasteiger partial charge in [-0.2, -0.15) is 30.7 Å². The Morgan fingerprint density at radius 3 is 1.93 bits per heavy atom. The summed E-state index contributed by atoms with van der Waals surface area (Å²) in [7, 11) is 0. The first-order valence-corrected chi connectivity index (χ1v) is 13.6. The number of halogens is 7. The van der Waals surface area contributed by atoms with Crippen LogP contribution >= 0.6 is 0 Å². The lowest BCUT2D eigenvalue weighted by Gasteiger charge is -2.27. The van der Waals surface area contributed by atoms with Crippen molar-refractivity contribution >= 4 is 16.7 Å². The average Bonchev–Trinajstić information content (AvgIpc) is 3.22. The summed E-state index contributed by atoms with van der Waals surface area (Å²) in [5, 5.41) is 10.7. The minimum Gasteiger partial charge on any atom is -0.506 e. The number of nitrogens with zero attached hydrogens (tertiary/aromatic N) is 1. The van der Waals surface area contributed by atoms with Gasteiger partial charge in [0, 0.05) is 16.5 Å². The summed E-state index contributed by atoms with van der Waals surface area (Å²) in [6.07, 6.45) is -6.83. The summed E-state index contributed by atoms with van der Waals surface area (Å²) >= 11 is 0. The Hall–Kier alpha value is -4.93. The van der Waals surface area contributed by atoms with E-state index in [-0.39, 0.29) is 16.6 Å². The van der Waals surface area contributed by atoms with Crippen molar-refractivity contribution in [1.29, 1.82) is 0 Å². The smallest absolute Gasteiger partial charge is 0.460 e. The van der Waals surface area contributed by atoms with Gasteiger partial charge in [0.15, 0.2) is 0 Å². The van der Waals surface area contributed by atoms with Crippen molar-refractivity contribution in [2.75, 3.05) is 0 Å². The molecule has 4 nitrogen and oxygen atoms in total. The molecule has 11 heteroatoms. The van der Waals surface area contributed by atoms with Crippen LogP contribution in [0.2, 0.25) is 0 Å². The van der Waals surface area contributed by atoms with E-state index in [1.165, 1.54) is 24.3 Å². The zero-order chi connectivity index (χ0) is 32.7. The maximum Gasteiger partial charge on any atom is 0.460 e. The maximum absolute atomic E-state index is 14.8. The number of ketones is 1. The van der Waals surface area contributed by atoms with E-state index in [9.17, 15) is 45.4 Å². The topological polar surface area (TPSA) is 59.3 Å². The molecule has 0 atom stereocenters. The second-order valence-electron chi connectivity index (χ2n) is 11.3. The van der Waals surface area contributed by atoms with Crippen LogP contribution in [0.3, 0.4) is 0 Å². The van der Waals surface area contributed by atoms with Gasteiger partial charge in [0.2, 0.25) is 5.78 Å². The molecule has 0 bridgehead atoms. The highest BCUT2D eigenvalue weighted by molar-refractivity contribution is 6.09.